The predicted octanol–water partition coefficient (Wildman–Crippen LogP) is 3.87. The Hall–Kier alpha value is -0.820. The summed E-state index contributed by atoms with van der Waals surface area (Å²) in [5.74, 6) is 0.760. The first-order valence-corrected chi connectivity index (χ1v) is 7.00. The summed E-state index contributed by atoms with van der Waals surface area (Å²) >= 11 is 0. The van der Waals surface area contributed by atoms with E-state index in [1.807, 2.05) is 0 Å². The third kappa shape index (κ3) is 2.71. The van der Waals surface area contributed by atoms with Gasteiger partial charge in [0, 0.05) is 11.5 Å². The summed E-state index contributed by atoms with van der Waals surface area (Å²) in [7, 11) is 0. The van der Waals surface area contributed by atoms with Crippen LogP contribution in [0.15, 0.2) is 30.3 Å². The van der Waals surface area contributed by atoms with Gasteiger partial charge in [0.15, 0.2) is 0 Å². The second-order valence-electron chi connectivity index (χ2n) is 5.76. The average Bonchev–Trinajstić information content (AvgIpc) is 3.11. The molecule has 1 fully saturated rings. The Morgan fingerprint density at radius 2 is 1.88 bits per heavy atom. The number of benzene rings is 1. The minimum atomic E-state index is 0.309. The first-order valence-electron chi connectivity index (χ1n) is 7.00. The van der Waals surface area contributed by atoms with Crippen LogP contribution in [0.25, 0.3) is 0 Å². The SMILES string of the molecule is CCCC(C)CC(N)C1(c2ccccc2)CC1. The fraction of sp³-hybridized carbons (Fsp3) is 0.625. The fourth-order valence-corrected chi connectivity index (χ4v) is 3.05. The molecular weight excluding hydrogens is 206 g/mol. The van der Waals surface area contributed by atoms with Crippen molar-refractivity contribution in [1.29, 1.82) is 0 Å². The summed E-state index contributed by atoms with van der Waals surface area (Å²) in [5.41, 5.74) is 8.24. The van der Waals surface area contributed by atoms with E-state index in [-0.39, 0.29) is 0 Å². The topological polar surface area (TPSA) is 26.0 Å². The van der Waals surface area contributed by atoms with Gasteiger partial charge < -0.3 is 5.73 Å². The van der Waals surface area contributed by atoms with Crippen LogP contribution >= 0.6 is 0 Å². The molecule has 0 saturated heterocycles. The largest absolute Gasteiger partial charge is 0.327 e. The van der Waals surface area contributed by atoms with Crippen molar-refractivity contribution in [3.63, 3.8) is 0 Å². The summed E-state index contributed by atoms with van der Waals surface area (Å²) in [6.45, 7) is 4.59. The van der Waals surface area contributed by atoms with Crippen molar-refractivity contribution in [3.8, 4) is 0 Å². The van der Waals surface area contributed by atoms with Crippen LogP contribution in [0.2, 0.25) is 0 Å². The zero-order valence-corrected chi connectivity index (χ0v) is 11.2. The molecule has 2 rings (SSSR count). The fourth-order valence-electron chi connectivity index (χ4n) is 3.05. The summed E-state index contributed by atoms with van der Waals surface area (Å²) in [5, 5.41) is 0. The highest BCUT2D eigenvalue weighted by Gasteiger charge is 2.48. The molecule has 1 aromatic carbocycles. The first-order chi connectivity index (χ1) is 8.19. The summed E-state index contributed by atoms with van der Waals surface area (Å²) in [4.78, 5) is 0. The molecule has 0 spiro atoms. The maximum absolute atomic E-state index is 6.48. The highest BCUT2D eigenvalue weighted by molar-refractivity contribution is 5.33. The van der Waals surface area contributed by atoms with E-state index in [0.717, 1.165) is 5.92 Å². The molecule has 94 valence electrons. The molecule has 2 N–H and O–H groups in total. The van der Waals surface area contributed by atoms with Crippen LogP contribution in [-0.4, -0.2) is 6.04 Å². The normalized spacial score (nSPS) is 20.9. The van der Waals surface area contributed by atoms with E-state index in [1.165, 1.54) is 37.7 Å². The Morgan fingerprint density at radius 3 is 2.41 bits per heavy atom. The molecule has 0 amide bonds. The Bertz CT molecular complexity index is 340. The van der Waals surface area contributed by atoms with E-state index in [2.05, 4.69) is 44.2 Å². The van der Waals surface area contributed by atoms with Crippen LogP contribution in [0.1, 0.15) is 51.5 Å². The Labute approximate surface area is 105 Å². The lowest BCUT2D eigenvalue weighted by atomic mass is 9.83. The van der Waals surface area contributed by atoms with Crippen molar-refractivity contribution in [2.45, 2.75) is 57.4 Å². The van der Waals surface area contributed by atoms with E-state index in [4.69, 9.17) is 5.73 Å². The molecule has 0 aliphatic heterocycles. The zero-order valence-electron chi connectivity index (χ0n) is 11.2. The molecule has 0 bridgehead atoms. The maximum atomic E-state index is 6.48. The standard InChI is InChI=1S/C16H25N/c1-3-7-13(2)12-15(17)16(10-11-16)14-8-5-4-6-9-14/h4-6,8-9,13,15H,3,7,10-12,17H2,1-2H3. The van der Waals surface area contributed by atoms with Crippen molar-refractivity contribution >= 4 is 0 Å². The predicted molar refractivity (Wildman–Crippen MR) is 74.0 cm³/mol. The number of hydrogen-bond acceptors (Lipinski definition) is 1. The first kappa shape index (κ1) is 12.6. The van der Waals surface area contributed by atoms with Crippen LogP contribution in [0, 0.1) is 5.92 Å². The van der Waals surface area contributed by atoms with Gasteiger partial charge in [0.05, 0.1) is 0 Å². The molecule has 2 unspecified atom stereocenters. The van der Waals surface area contributed by atoms with Gasteiger partial charge in [-0.2, -0.15) is 0 Å². The molecule has 1 heteroatoms. The van der Waals surface area contributed by atoms with Crippen LogP contribution in [0.5, 0.6) is 0 Å². The third-order valence-corrected chi connectivity index (χ3v) is 4.28. The van der Waals surface area contributed by atoms with Gasteiger partial charge in [-0.05, 0) is 30.7 Å². The van der Waals surface area contributed by atoms with Gasteiger partial charge in [-0.25, -0.2) is 0 Å². The van der Waals surface area contributed by atoms with Crippen LogP contribution in [-0.2, 0) is 5.41 Å². The lowest BCUT2D eigenvalue weighted by molar-refractivity contribution is 0.383. The second-order valence-corrected chi connectivity index (χ2v) is 5.76. The van der Waals surface area contributed by atoms with Gasteiger partial charge in [-0.3, -0.25) is 0 Å². The summed E-state index contributed by atoms with van der Waals surface area (Å²) in [6, 6.07) is 11.2. The van der Waals surface area contributed by atoms with Gasteiger partial charge in [-0.1, -0.05) is 57.0 Å². The van der Waals surface area contributed by atoms with Gasteiger partial charge >= 0.3 is 0 Å². The molecule has 17 heavy (non-hydrogen) atoms. The maximum Gasteiger partial charge on any atom is 0.0139 e. The van der Waals surface area contributed by atoms with Crippen LogP contribution in [0.3, 0.4) is 0 Å². The number of hydrogen-bond donors (Lipinski definition) is 1. The van der Waals surface area contributed by atoms with Crippen LogP contribution < -0.4 is 5.73 Å². The quantitative estimate of drug-likeness (QED) is 0.790. The molecule has 1 aliphatic rings. The monoisotopic (exact) mass is 231 g/mol. The average molecular weight is 231 g/mol. The molecule has 0 aromatic heterocycles. The van der Waals surface area contributed by atoms with Crippen molar-refractivity contribution in [2.24, 2.45) is 11.7 Å². The molecular formula is C16H25N. The van der Waals surface area contributed by atoms with E-state index < -0.39 is 0 Å². The minimum absolute atomic E-state index is 0.309. The lowest BCUT2D eigenvalue weighted by Crippen LogP contribution is -2.36. The third-order valence-electron chi connectivity index (χ3n) is 4.28. The van der Waals surface area contributed by atoms with E-state index in [0.29, 0.717) is 11.5 Å². The molecule has 0 heterocycles. The van der Waals surface area contributed by atoms with Gasteiger partial charge in [-0.15, -0.1) is 0 Å². The summed E-state index contributed by atoms with van der Waals surface area (Å²) in [6.07, 6.45) is 6.29. The molecule has 1 saturated carbocycles. The van der Waals surface area contributed by atoms with Crippen molar-refractivity contribution in [3.05, 3.63) is 35.9 Å². The molecule has 0 radical (unpaired) electrons. The number of rotatable bonds is 6. The summed E-state index contributed by atoms with van der Waals surface area (Å²) < 4.78 is 0. The number of nitrogens with two attached hydrogens (primary N) is 1. The van der Waals surface area contributed by atoms with Gasteiger partial charge in [0.25, 0.3) is 0 Å². The van der Waals surface area contributed by atoms with Crippen molar-refractivity contribution in [1.82, 2.24) is 0 Å². The Balaban J connectivity index is 2.02. The van der Waals surface area contributed by atoms with E-state index in [9.17, 15) is 0 Å². The van der Waals surface area contributed by atoms with Crippen LogP contribution in [0.4, 0.5) is 0 Å². The molecule has 2 atom stereocenters. The molecule has 1 aliphatic carbocycles. The van der Waals surface area contributed by atoms with Crippen molar-refractivity contribution in [2.75, 3.05) is 0 Å². The Kier molecular flexibility index (Phi) is 3.88. The van der Waals surface area contributed by atoms with Crippen molar-refractivity contribution < 1.29 is 0 Å². The highest BCUT2D eigenvalue weighted by Crippen LogP contribution is 2.51. The van der Waals surface area contributed by atoms with Gasteiger partial charge in [0.1, 0.15) is 0 Å². The Morgan fingerprint density at radius 1 is 1.24 bits per heavy atom. The highest BCUT2D eigenvalue weighted by atomic mass is 14.7. The second kappa shape index (κ2) is 5.22. The molecule has 1 nitrogen and oxygen atoms in total. The smallest absolute Gasteiger partial charge is 0.0139 e. The minimum Gasteiger partial charge on any atom is -0.327 e. The van der Waals surface area contributed by atoms with E-state index >= 15 is 0 Å². The molecule has 1 aromatic rings. The lowest BCUT2D eigenvalue weighted by Gasteiger charge is -2.26. The van der Waals surface area contributed by atoms with Gasteiger partial charge in [0.2, 0.25) is 0 Å². The zero-order chi connectivity index (χ0) is 12.3. The van der Waals surface area contributed by atoms with E-state index in [1.54, 1.807) is 0 Å².